The lowest BCUT2D eigenvalue weighted by molar-refractivity contribution is 0.101. The summed E-state index contributed by atoms with van der Waals surface area (Å²) in [6, 6.07) is 15.7. The molecule has 5 rings (SSSR count). The van der Waals surface area contributed by atoms with Gasteiger partial charge in [0.05, 0.1) is 5.52 Å². The number of fused-ring (bicyclic) bond motifs is 3. The molecule has 4 aromatic rings. The zero-order valence-corrected chi connectivity index (χ0v) is 20.2. The lowest BCUT2D eigenvalue weighted by Gasteiger charge is -2.49. The van der Waals surface area contributed by atoms with E-state index in [4.69, 9.17) is 4.98 Å². The van der Waals surface area contributed by atoms with Gasteiger partial charge >= 0.3 is 0 Å². The molecule has 174 valence electrons. The minimum Gasteiger partial charge on any atom is -0.349 e. The van der Waals surface area contributed by atoms with E-state index < -0.39 is 0 Å². The standard InChI is InChI=1S/C26H30N8/c1-5-21-15-33(22(6-2)14-32(21)18(4)19-9-7-17(3)8-10-19)25-24-23(12-11-20(13-27)29-24)34-16-28-31-26(34)30-25/h7-12,16,18,21-22H,5-6,14-15H2,1-4H3/t18?,21-,22+/m1/s1. The molecule has 0 saturated carbocycles. The van der Waals surface area contributed by atoms with Gasteiger partial charge < -0.3 is 4.90 Å². The highest BCUT2D eigenvalue weighted by Gasteiger charge is 2.36. The molecule has 0 bridgehead atoms. The van der Waals surface area contributed by atoms with Crippen molar-refractivity contribution in [2.24, 2.45) is 0 Å². The maximum absolute atomic E-state index is 9.49. The second-order valence-corrected chi connectivity index (χ2v) is 9.17. The average molecular weight is 455 g/mol. The molecule has 0 spiro atoms. The Morgan fingerprint density at radius 1 is 1.03 bits per heavy atom. The van der Waals surface area contributed by atoms with Gasteiger partial charge in [0.25, 0.3) is 5.78 Å². The highest BCUT2D eigenvalue weighted by atomic mass is 15.4. The van der Waals surface area contributed by atoms with Crippen LogP contribution in [0.2, 0.25) is 0 Å². The van der Waals surface area contributed by atoms with E-state index in [0.29, 0.717) is 23.6 Å². The van der Waals surface area contributed by atoms with Crippen molar-refractivity contribution in [3.05, 3.63) is 59.5 Å². The zero-order chi connectivity index (χ0) is 23.8. The maximum atomic E-state index is 9.49. The number of aryl methyl sites for hydroxylation is 1. The van der Waals surface area contributed by atoms with E-state index in [0.717, 1.165) is 42.8 Å². The largest absolute Gasteiger partial charge is 0.349 e. The van der Waals surface area contributed by atoms with Crippen molar-refractivity contribution in [3.8, 4) is 6.07 Å². The van der Waals surface area contributed by atoms with Gasteiger partial charge in [-0.25, -0.2) is 4.98 Å². The van der Waals surface area contributed by atoms with Crippen LogP contribution in [0, 0.1) is 18.3 Å². The van der Waals surface area contributed by atoms with Gasteiger partial charge in [0.2, 0.25) is 0 Å². The molecule has 3 aromatic heterocycles. The van der Waals surface area contributed by atoms with Gasteiger partial charge in [-0.2, -0.15) is 10.2 Å². The monoisotopic (exact) mass is 454 g/mol. The number of pyridine rings is 1. The molecule has 34 heavy (non-hydrogen) atoms. The van der Waals surface area contributed by atoms with Crippen molar-refractivity contribution < 1.29 is 0 Å². The smallest absolute Gasteiger partial charge is 0.257 e. The topological polar surface area (TPSA) is 86.2 Å². The number of hydrogen-bond acceptors (Lipinski definition) is 7. The molecule has 1 unspecified atom stereocenters. The summed E-state index contributed by atoms with van der Waals surface area (Å²) in [6.45, 7) is 10.7. The number of nitriles is 1. The van der Waals surface area contributed by atoms with E-state index in [1.165, 1.54) is 11.1 Å². The second kappa shape index (κ2) is 8.99. The van der Waals surface area contributed by atoms with Crippen molar-refractivity contribution in [3.63, 3.8) is 0 Å². The lowest BCUT2D eigenvalue weighted by atomic mass is 9.96. The second-order valence-electron chi connectivity index (χ2n) is 9.17. The quantitative estimate of drug-likeness (QED) is 0.444. The van der Waals surface area contributed by atoms with Gasteiger partial charge in [-0.3, -0.25) is 9.30 Å². The Kier molecular flexibility index (Phi) is 5.88. The van der Waals surface area contributed by atoms with Gasteiger partial charge in [0.15, 0.2) is 5.82 Å². The molecular weight excluding hydrogens is 424 g/mol. The van der Waals surface area contributed by atoms with E-state index in [-0.39, 0.29) is 6.04 Å². The molecule has 1 aromatic carbocycles. The summed E-state index contributed by atoms with van der Waals surface area (Å²) < 4.78 is 1.83. The van der Waals surface area contributed by atoms with Crippen molar-refractivity contribution in [1.29, 1.82) is 5.26 Å². The lowest BCUT2D eigenvalue weighted by Crippen LogP contribution is -2.59. The summed E-state index contributed by atoms with van der Waals surface area (Å²) in [5.74, 6) is 1.34. The molecule has 1 aliphatic heterocycles. The van der Waals surface area contributed by atoms with Crippen LogP contribution in [0.25, 0.3) is 16.8 Å². The normalized spacial score (nSPS) is 20.0. The number of anilines is 1. The first kappa shape index (κ1) is 22.2. The van der Waals surface area contributed by atoms with Crippen LogP contribution < -0.4 is 4.90 Å². The molecule has 4 heterocycles. The third-order valence-electron chi connectivity index (χ3n) is 7.21. The summed E-state index contributed by atoms with van der Waals surface area (Å²) in [6.07, 6.45) is 3.66. The molecule has 8 nitrogen and oxygen atoms in total. The number of benzene rings is 1. The van der Waals surface area contributed by atoms with Crippen LogP contribution in [-0.2, 0) is 0 Å². The van der Waals surface area contributed by atoms with Crippen molar-refractivity contribution in [1.82, 2.24) is 29.5 Å². The maximum Gasteiger partial charge on any atom is 0.257 e. The zero-order valence-electron chi connectivity index (χ0n) is 20.2. The van der Waals surface area contributed by atoms with Gasteiger partial charge in [0, 0.05) is 31.2 Å². The Balaban J connectivity index is 1.57. The van der Waals surface area contributed by atoms with E-state index in [9.17, 15) is 5.26 Å². The van der Waals surface area contributed by atoms with E-state index in [1.54, 1.807) is 12.4 Å². The Morgan fingerprint density at radius 3 is 2.50 bits per heavy atom. The van der Waals surface area contributed by atoms with Crippen LogP contribution in [-0.4, -0.2) is 54.6 Å². The first-order chi connectivity index (χ1) is 16.5. The van der Waals surface area contributed by atoms with Gasteiger partial charge in [-0.1, -0.05) is 43.7 Å². The van der Waals surface area contributed by atoms with Gasteiger partial charge in [0.1, 0.15) is 23.6 Å². The van der Waals surface area contributed by atoms with Crippen LogP contribution >= 0.6 is 0 Å². The molecule has 0 aliphatic carbocycles. The summed E-state index contributed by atoms with van der Waals surface area (Å²) in [7, 11) is 0. The number of rotatable bonds is 5. The van der Waals surface area contributed by atoms with Gasteiger partial charge in [-0.05, 0) is 44.4 Å². The van der Waals surface area contributed by atoms with Crippen molar-refractivity contribution in [2.45, 2.75) is 58.7 Å². The predicted octanol–water partition coefficient (Wildman–Crippen LogP) is 4.29. The number of aromatic nitrogens is 5. The summed E-state index contributed by atoms with van der Waals surface area (Å²) >= 11 is 0. The third kappa shape index (κ3) is 3.76. The molecular formula is C26H30N8. The molecule has 1 fully saturated rings. The molecule has 0 N–H and O–H groups in total. The first-order valence-electron chi connectivity index (χ1n) is 12.0. The molecule has 1 saturated heterocycles. The summed E-state index contributed by atoms with van der Waals surface area (Å²) in [5.41, 5.74) is 4.60. The number of piperazine rings is 1. The third-order valence-corrected chi connectivity index (χ3v) is 7.21. The van der Waals surface area contributed by atoms with Crippen LogP contribution in [0.15, 0.2) is 42.7 Å². The Labute approximate surface area is 199 Å². The average Bonchev–Trinajstić information content (AvgIpc) is 3.36. The Bertz CT molecular complexity index is 1350. The van der Waals surface area contributed by atoms with Crippen molar-refractivity contribution in [2.75, 3.05) is 18.0 Å². The fourth-order valence-corrected chi connectivity index (χ4v) is 5.15. The molecule has 8 heteroatoms. The van der Waals surface area contributed by atoms with E-state index in [1.807, 2.05) is 10.5 Å². The fourth-order valence-electron chi connectivity index (χ4n) is 5.15. The summed E-state index contributed by atoms with van der Waals surface area (Å²) in [5, 5.41) is 17.8. The highest BCUT2D eigenvalue weighted by molar-refractivity contribution is 5.88. The molecule has 3 atom stereocenters. The minimum absolute atomic E-state index is 0.268. The molecule has 0 amide bonds. The fraction of sp³-hybridized carbons (Fsp3) is 0.423. The SMILES string of the molecule is CC[C@H]1CN(C(C)c2ccc(C)cc2)[C@H](CC)CN1c1nc2nncn2c2ccc(C#N)nc12. The highest BCUT2D eigenvalue weighted by Crippen LogP contribution is 2.34. The Hall–Kier alpha value is -3.57. The van der Waals surface area contributed by atoms with Crippen LogP contribution in [0.5, 0.6) is 0 Å². The minimum atomic E-state index is 0.268. The summed E-state index contributed by atoms with van der Waals surface area (Å²) in [4.78, 5) is 14.6. The molecule has 1 aliphatic rings. The van der Waals surface area contributed by atoms with Crippen molar-refractivity contribution >= 4 is 22.6 Å². The molecule has 0 radical (unpaired) electrons. The predicted molar refractivity (Wildman–Crippen MR) is 133 cm³/mol. The van der Waals surface area contributed by atoms with E-state index >= 15 is 0 Å². The van der Waals surface area contributed by atoms with Crippen LogP contribution in [0.3, 0.4) is 0 Å². The number of hydrogen-bond donors (Lipinski definition) is 0. The van der Waals surface area contributed by atoms with E-state index in [2.05, 4.69) is 83.0 Å². The van der Waals surface area contributed by atoms with Crippen LogP contribution in [0.1, 0.15) is 56.5 Å². The first-order valence-corrected chi connectivity index (χ1v) is 12.0. The number of nitrogens with zero attached hydrogens (tertiary/aromatic N) is 8. The van der Waals surface area contributed by atoms with Gasteiger partial charge in [-0.15, -0.1) is 10.2 Å². The van der Waals surface area contributed by atoms with Crippen LogP contribution in [0.4, 0.5) is 5.82 Å². The Morgan fingerprint density at radius 2 is 1.79 bits per heavy atom.